The highest BCUT2D eigenvalue weighted by Crippen LogP contribution is 2.18. The fraction of sp³-hybridized carbons (Fsp3) is 1.00. The molecule has 1 rings (SSSR count). The number of nitrogens with one attached hydrogen (secondary N) is 1. The molecule has 96 valence electrons. The first-order valence-corrected chi connectivity index (χ1v) is 6.54. The predicted octanol–water partition coefficient (Wildman–Crippen LogP) is 1.59. The molecule has 1 fully saturated rings. The molecule has 0 aromatic rings. The van der Waals surface area contributed by atoms with Crippen LogP contribution < -0.4 is 5.32 Å². The minimum Gasteiger partial charge on any atom is -0.384 e. The van der Waals surface area contributed by atoms with Gasteiger partial charge in [-0.05, 0) is 45.2 Å². The molecular formula is C13H28N2O. The summed E-state index contributed by atoms with van der Waals surface area (Å²) in [6.07, 6.45) is 2.72. The van der Waals surface area contributed by atoms with Gasteiger partial charge in [-0.15, -0.1) is 0 Å². The van der Waals surface area contributed by atoms with E-state index in [-0.39, 0.29) is 0 Å². The third kappa shape index (κ3) is 4.81. The van der Waals surface area contributed by atoms with Gasteiger partial charge in [0, 0.05) is 32.8 Å². The van der Waals surface area contributed by atoms with E-state index in [1.54, 1.807) is 7.11 Å². The van der Waals surface area contributed by atoms with Gasteiger partial charge in [0.2, 0.25) is 0 Å². The summed E-state index contributed by atoms with van der Waals surface area (Å²) in [6.45, 7) is 8.98. The van der Waals surface area contributed by atoms with Crippen LogP contribution in [0.2, 0.25) is 0 Å². The summed E-state index contributed by atoms with van der Waals surface area (Å²) in [5.41, 5.74) is 0. The molecule has 0 aliphatic carbocycles. The molecule has 0 spiro atoms. The van der Waals surface area contributed by atoms with Crippen LogP contribution in [0.1, 0.15) is 26.7 Å². The Kier molecular flexibility index (Phi) is 6.32. The summed E-state index contributed by atoms with van der Waals surface area (Å²) in [7, 11) is 4.00. The Morgan fingerprint density at radius 3 is 2.81 bits per heavy atom. The molecular weight excluding hydrogens is 200 g/mol. The van der Waals surface area contributed by atoms with Gasteiger partial charge in [-0.25, -0.2) is 0 Å². The van der Waals surface area contributed by atoms with Gasteiger partial charge < -0.3 is 15.0 Å². The SMILES string of the molecule is COCC(C)CNC(C)C1CCCN(C)C1. The molecule has 1 saturated heterocycles. The minimum atomic E-state index is 0.605. The van der Waals surface area contributed by atoms with Crippen LogP contribution in [0, 0.1) is 11.8 Å². The zero-order valence-corrected chi connectivity index (χ0v) is 11.3. The summed E-state index contributed by atoms with van der Waals surface area (Å²) in [6, 6.07) is 0.627. The fourth-order valence-corrected chi connectivity index (χ4v) is 2.51. The fourth-order valence-electron chi connectivity index (χ4n) is 2.51. The van der Waals surface area contributed by atoms with E-state index in [4.69, 9.17) is 4.74 Å². The third-order valence-electron chi connectivity index (χ3n) is 3.61. The van der Waals surface area contributed by atoms with Gasteiger partial charge in [0.15, 0.2) is 0 Å². The number of ether oxygens (including phenoxy) is 1. The lowest BCUT2D eigenvalue weighted by molar-refractivity contribution is 0.146. The Labute approximate surface area is 101 Å². The molecule has 0 bridgehead atoms. The van der Waals surface area contributed by atoms with Gasteiger partial charge >= 0.3 is 0 Å². The summed E-state index contributed by atoms with van der Waals surface area (Å²) in [4.78, 5) is 2.45. The van der Waals surface area contributed by atoms with E-state index >= 15 is 0 Å². The quantitative estimate of drug-likeness (QED) is 0.747. The van der Waals surface area contributed by atoms with Crippen molar-refractivity contribution in [2.75, 3.05) is 40.4 Å². The Morgan fingerprint density at radius 2 is 2.19 bits per heavy atom. The molecule has 3 heteroatoms. The average Bonchev–Trinajstić information content (AvgIpc) is 2.26. The third-order valence-corrected chi connectivity index (χ3v) is 3.61. The van der Waals surface area contributed by atoms with Crippen molar-refractivity contribution in [1.82, 2.24) is 10.2 Å². The topological polar surface area (TPSA) is 24.5 Å². The first-order chi connectivity index (χ1) is 7.63. The zero-order chi connectivity index (χ0) is 12.0. The number of hydrogen-bond acceptors (Lipinski definition) is 3. The molecule has 0 aromatic carbocycles. The first kappa shape index (κ1) is 13.9. The molecule has 0 saturated carbocycles. The lowest BCUT2D eigenvalue weighted by Crippen LogP contribution is -2.44. The normalized spacial score (nSPS) is 26.6. The highest BCUT2D eigenvalue weighted by atomic mass is 16.5. The van der Waals surface area contributed by atoms with Crippen LogP contribution in [-0.4, -0.2) is 51.3 Å². The van der Waals surface area contributed by atoms with E-state index in [0.717, 1.165) is 19.1 Å². The first-order valence-electron chi connectivity index (χ1n) is 6.54. The van der Waals surface area contributed by atoms with Crippen molar-refractivity contribution in [1.29, 1.82) is 0 Å². The molecule has 1 heterocycles. The Balaban J connectivity index is 2.20. The van der Waals surface area contributed by atoms with Crippen LogP contribution in [0.25, 0.3) is 0 Å². The second kappa shape index (κ2) is 7.25. The molecule has 3 unspecified atom stereocenters. The Bertz CT molecular complexity index is 187. The summed E-state index contributed by atoms with van der Waals surface area (Å²) in [5.74, 6) is 1.42. The van der Waals surface area contributed by atoms with Crippen LogP contribution in [-0.2, 0) is 4.74 Å². The summed E-state index contributed by atoms with van der Waals surface area (Å²) < 4.78 is 5.15. The monoisotopic (exact) mass is 228 g/mol. The average molecular weight is 228 g/mol. The maximum absolute atomic E-state index is 5.15. The van der Waals surface area contributed by atoms with Crippen LogP contribution >= 0.6 is 0 Å². The van der Waals surface area contributed by atoms with Crippen molar-refractivity contribution in [2.24, 2.45) is 11.8 Å². The Morgan fingerprint density at radius 1 is 1.44 bits per heavy atom. The number of nitrogens with zero attached hydrogens (tertiary/aromatic N) is 1. The van der Waals surface area contributed by atoms with Crippen molar-refractivity contribution in [3.8, 4) is 0 Å². The molecule has 3 nitrogen and oxygen atoms in total. The highest BCUT2D eigenvalue weighted by molar-refractivity contribution is 4.79. The lowest BCUT2D eigenvalue weighted by atomic mass is 9.91. The predicted molar refractivity (Wildman–Crippen MR) is 68.7 cm³/mol. The maximum atomic E-state index is 5.15. The molecule has 0 amide bonds. The van der Waals surface area contributed by atoms with Gasteiger partial charge in [-0.1, -0.05) is 6.92 Å². The van der Waals surface area contributed by atoms with E-state index in [1.165, 1.54) is 25.9 Å². The van der Waals surface area contributed by atoms with Gasteiger partial charge in [-0.3, -0.25) is 0 Å². The highest BCUT2D eigenvalue weighted by Gasteiger charge is 2.22. The second-order valence-electron chi connectivity index (χ2n) is 5.42. The largest absolute Gasteiger partial charge is 0.384 e. The van der Waals surface area contributed by atoms with Crippen LogP contribution in [0.4, 0.5) is 0 Å². The van der Waals surface area contributed by atoms with Crippen LogP contribution in [0.5, 0.6) is 0 Å². The van der Waals surface area contributed by atoms with E-state index in [9.17, 15) is 0 Å². The molecule has 1 aliphatic rings. The van der Waals surface area contributed by atoms with Gasteiger partial charge in [-0.2, -0.15) is 0 Å². The lowest BCUT2D eigenvalue weighted by Gasteiger charge is -2.34. The number of piperidine rings is 1. The summed E-state index contributed by atoms with van der Waals surface area (Å²) >= 11 is 0. The number of hydrogen-bond donors (Lipinski definition) is 1. The van der Waals surface area contributed by atoms with Crippen molar-refractivity contribution in [3.05, 3.63) is 0 Å². The smallest absolute Gasteiger partial charge is 0.0499 e. The van der Waals surface area contributed by atoms with E-state index in [2.05, 4.69) is 31.1 Å². The van der Waals surface area contributed by atoms with Crippen molar-refractivity contribution in [3.63, 3.8) is 0 Å². The van der Waals surface area contributed by atoms with Crippen molar-refractivity contribution < 1.29 is 4.74 Å². The van der Waals surface area contributed by atoms with Crippen molar-refractivity contribution >= 4 is 0 Å². The summed E-state index contributed by atoms with van der Waals surface area (Å²) in [5, 5.41) is 3.65. The zero-order valence-electron chi connectivity index (χ0n) is 11.3. The molecule has 1 aliphatic heterocycles. The maximum Gasteiger partial charge on any atom is 0.0499 e. The standard InChI is InChI=1S/C13H28N2O/c1-11(10-16-4)8-14-12(2)13-6-5-7-15(3)9-13/h11-14H,5-10H2,1-4H3. The molecule has 16 heavy (non-hydrogen) atoms. The number of likely N-dealkylation sites (tertiary alicyclic amines) is 1. The van der Waals surface area contributed by atoms with Crippen LogP contribution in [0.15, 0.2) is 0 Å². The van der Waals surface area contributed by atoms with E-state index in [0.29, 0.717) is 12.0 Å². The molecule has 1 N–H and O–H groups in total. The molecule has 0 radical (unpaired) electrons. The molecule has 3 atom stereocenters. The number of rotatable bonds is 6. The van der Waals surface area contributed by atoms with Gasteiger partial charge in [0.05, 0.1) is 0 Å². The second-order valence-corrected chi connectivity index (χ2v) is 5.42. The molecule has 0 aromatic heterocycles. The van der Waals surface area contributed by atoms with Gasteiger partial charge in [0.1, 0.15) is 0 Å². The minimum absolute atomic E-state index is 0.605. The number of methoxy groups -OCH3 is 1. The van der Waals surface area contributed by atoms with Gasteiger partial charge in [0.25, 0.3) is 0 Å². The van der Waals surface area contributed by atoms with Crippen LogP contribution in [0.3, 0.4) is 0 Å². The van der Waals surface area contributed by atoms with E-state index in [1.807, 2.05) is 0 Å². The van der Waals surface area contributed by atoms with Crippen molar-refractivity contribution in [2.45, 2.75) is 32.7 Å². The van der Waals surface area contributed by atoms with E-state index < -0.39 is 0 Å². The Hall–Kier alpha value is -0.120.